The van der Waals surface area contributed by atoms with Gasteiger partial charge in [-0.25, -0.2) is 0 Å². The largest absolute Gasteiger partial charge is 0.0654 e. The molecule has 0 spiro atoms. The van der Waals surface area contributed by atoms with Crippen molar-refractivity contribution in [3.63, 3.8) is 0 Å². The lowest BCUT2D eigenvalue weighted by molar-refractivity contribution is 0.248. The quantitative estimate of drug-likeness (QED) is 0.389. The molecule has 0 aromatic rings. The van der Waals surface area contributed by atoms with E-state index in [-0.39, 0.29) is 0 Å². The topological polar surface area (TPSA) is 0 Å². The van der Waals surface area contributed by atoms with Crippen molar-refractivity contribution in [3.05, 3.63) is 0 Å². The molecular weight excluding hydrogens is 204 g/mol. The lowest BCUT2D eigenvalue weighted by atomic mass is 9.79. The van der Waals surface area contributed by atoms with Gasteiger partial charge < -0.3 is 0 Å². The minimum absolute atomic E-state index is 0.940. The monoisotopic (exact) mass is 240 g/mol. The Balaban J connectivity index is 4.06. The number of rotatable bonds is 11. The fraction of sp³-hybridized carbons (Fsp3) is 1.00. The molecule has 0 bridgehead atoms. The molecule has 104 valence electrons. The first kappa shape index (κ1) is 17.0. The Morgan fingerprint density at radius 2 is 1.29 bits per heavy atom. The molecule has 0 aliphatic carbocycles. The second-order valence-corrected chi connectivity index (χ2v) is 6.15. The molecule has 0 saturated carbocycles. The molecule has 0 aliphatic rings. The maximum absolute atomic E-state index is 2.48. The molecule has 0 nitrogen and oxygen atoms in total. The van der Waals surface area contributed by atoms with Gasteiger partial charge in [0.05, 0.1) is 0 Å². The van der Waals surface area contributed by atoms with Gasteiger partial charge in [-0.05, 0) is 24.2 Å². The van der Waals surface area contributed by atoms with Crippen molar-refractivity contribution in [1.82, 2.24) is 0 Å². The third kappa shape index (κ3) is 8.69. The summed E-state index contributed by atoms with van der Waals surface area (Å²) in [5.74, 6) is 2.87. The van der Waals surface area contributed by atoms with Crippen LogP contribution in [0.15, 0.2) is 0 Å². The van der Waals surface area contributed by atoms with Crippen LogP contribution in [0.2, 0.25) is 0 Å². The van der Waals surface area contributed by atoms with Crippen LogP contribution in [0, 0.1) is 17.8 Å². The fourth-order valence-electron chi connectivity index (χ4n) is 2.98. The smallest absolute Gasteiger partial charge is 0.0386 e. The minimum atomic E-state index is 0.940. The summed E-state index contributed by atoms with van der Waals surface area (Å²) in [7, 11) is 0. The van der Waals surface area contributed by atoms with E-state index in [1.807, 2.05) is 0 Å². The number of hydrogen-bond donors (Lipinski definition) is 0. The van der Waals surface area contributed by atoms with Crippen LogP contribution in [0.3, 0.4) is 0 Å². The average Bonchev–Trinajstić information content (AvgIpc) is 2.32. The van der Waals surface area contributed by atoms with Crippen molar-refractivity contribution in [2.75, 3.05) is 0 Å². The fourth-order valence-corrected chi connectivity index (χ4v) is 2.98. The highest BCUT2D eigenvalue weighted by Crippen LogP contribution is 2.30. The molecule has 0 N–H and O–H groups in total. The van der Waals surface area contributed by atoms with Crippen LogP contribution in [0.25, 0.3) is 0 Å². The summed E-state index contributed by atoms with van der Waals surface area (Å²) < 4.78 is 0. The van der Waals surface area contributed by atoms with Gasteiger partial charge in [-0.3, -0.25) is 0 Å². The number of unbranched alkanes of at least 4 members (excludes halogenated alkanes) is 2. The van der Waals surface area contributed by atoms with Crippen molar-refractivity contribution in [3.8, 4) is 0 Å². The van der Waals surface area contributed by atoms with Gasteiger partial charge in [0.2, 0.25) is 0 Å². The van der Waals surface area contributed by atoms with E-state index in [9.17, 15) is 0 Å². The van der Waals surface area contributed by atoms with Gasteiger partial charge in [0.15, 0.2) is 0 Å². The molecule has 0 saturated heterocycles. The predicted octanol–water partition coefficient (Wildman–Crippen LogP) is 6.45. The molecule has 0 heterocycles. The molecule has 17 heavy (non-hydrogen) atoms. The SMILES string of the molecule is CCCCC(C)CC(CCCC)C(C)CCC. The zero-order chi connectivity index (χ0) is 13.1. The first-order valence-electron chi connectivity index (χ1n) is 8.15. The molecule has 0 radical (unpaired) electrons. The van der Waals surface area contributed by atoms with E-state index in [0.717, 1.165) is 17.8 Å². The second kappa shape index (κ2) is 11.1. The van der Waals surface area contributed by atoms with E-state index in [4.69, 9.17) is 0 Å². The lowest BCUT2D eigenvalue weighted by Crippen LogP contribution is -2.15. The Morgan fingerprint density at radius 1 is 0.706 bits per heavy atom. The molecule has 0 amide bonds. The predicted molar refractivity (Wildman–Crippen MR) is 80.4 cm³/mol. The first-order valence-corrected chi connectivity index (χ1v) is 8.15. The molecule has 0 rings (SSSR count). The highest BCUT2D eigenvalue weighted by atomic mass is 14.2. The van der Waals surface area contributed by atoms with Crippen LogP contribution in [-0.2, 0) is 0 Å². The summed E-state index contributed by atoms with van der Waals surface area (Å²) in [6.45, 7) is 11.9. The zero-order valence-electron chi connectivity index (χ0n) is 13.1. The van der Waals surface area contributed by atoms with Gasteiger partial charge in [-0.2, -0.15) is 0 Å². The van der Waals surface area contributed by atoms with Crippen LogP contribution >= 0.6 is 0 Å². The summed E-state index contributed by atoms with van der Waals surface area (Å²) in [5, 5.41) is 0. The van der Waals surface area contributed by atoms with Crippen LogP contribution in [-0.4, -0.2) is 0 Å². The highest BCUT2D eigenvalue weighted by Gasteiger charge is 2.18. The van der Waals surface area contributed by atoms with Gasteiger partial charge in [0, 0.05) is 0 Å². The van der Waals surface area contributed by atoms with Gasteiger partial charge in [0.25, 0.3) is 0 Å². The Morgan fingerprint density at radius 3 is 1.82 bits per heavy atom. The van der Waals surface area contributed by atoms with Crippen LogP contribution in [0.4, 0.5) is 0 Å². The highest BCUT2D eigenvalue weighted by molar-refractivity contribution is 4.70. The summed E-state index contributed by atoms with van der Waals surface area (Å²) in [6, 6.07) is 0. The van der Waals surface area contributed by atoms with Crippen molar-refractivity contribution in [1.29, 1.82) is 0 Å². The molecule has 3 atom stereocenters. The van der Waals surface area contributed by atoms with Crippen LogP contribution in [0.5, 0.6) is 0 Å². The number of hydrogen-bond acceptors (Lipinski definition) is 0. The van der Waals surface area contributed by atoms with Crippen molar-refractivity contribution in [2.45, 2.75) is 92.4 Å². The summed E-state index contributed by atoms with van der Waals surface area (Å²) in [5.41, 5.74) is 0. The Labute approximate surface area is 111 Å². The van der Waals surface area contributed by atoms with E-state index in [0.29, 0.717) is 0 Å². The Bertz CT molecular complexity index is 150. The molecular formula is C17H36. The Hall–Kier alpha value is 0. The van der Waals surface area contributed by atoms with Crippen LogP contribution in [0.1, 0.15) is 92.4 Å². The molecule has 3 unspecified atom stereocenters. The summed E-state index contributed by atoms with van der Waals surface area (Å²) >= 11 is 0. The third-order valence-electron chi connectivity index (χ3n) is 4.23. The lowest BCUT2D eigenvalue weighted by Gasteiger charge is -2.26. The van der Waals surface area contributed by atoms with Gasteiger partial charge >= 0.3 is 0 Å². The minimum Gasteiger partial charge on any atom is -0.0654 e. The van der Waals surface area contributed by atoms with E-state index in [1.54, 1.807) is 0 Å². The molecule has 0 fully saturated rings. The average molecular weight is 240 g/mol. The second-order valence-electron chi connectivity index (χ2n) is 6.15. The Kier molecular flexibility index (Phi) is 11.1. The van der Waals surface area contributed by atoms with Crippen LogP contribution < -0.4 is 0 Å². The normalized spacial score (nSPS) is 16.8. The molecule has 0 aromatic carbocycles. The van der Waals surface area contributed by atoms with Crippen molar-refractivity contribution >= 4 is 0 Å². The molecule has 0 heteroatoms. The summed E-state index contributed by atoms with van der Waals surface area (Å²) in [6.07, 6.45) is 12.7. The van der Waals surface area contributed by atoms with E-state index < -0.39 is 0 Å². The van der Waals surface area contributed by atoms with E-state index in [1.165, 1.54) is 57.8 Å². The molecule has 0 aromatic heterocycles. The van der Waals surface area contributed by atoms with Gasteiger partial charge in [0.1, 0.15) is 0 Å². The maximum Gasteiger partial charge on any atom is -0.0386 e. The van der Waals surface area contributed by atoms with Gasteiger partial charge in [-0.1, -0.05) is 86.0 Å². The summed E-state index contributed by atoms with van der Waals surface area (Å²) in [4.78, 5) is 0. The maximum atomic E-state index is 2.48. The zero-order valence-corrected chi connectivity index (χ0v) is 13.1. The van der Waals surface area contributed by atoms with Crippen molar-refractivity contribution in [2.24, 2.45) is 17.8 Å². The first-order chi connectivity index (χ1) is 8.15. The third-order valence-corrected chi connectivity index (χ3v) is 4.23. The van der Waals surface area contributed by atoms with E-state index in [2.05, 4.69) is 34.6 Å². The standard InChI is InChI=1S/C17H36/c1-6-9-12-15(4)14-17(13-10-7-2)16(5)11-8-3/h15-17H,6-14H2,1-5H3. The van der Waals surface area contributed by atoms with E-state index >= 15 is 0 Å². The van der Waals surface area contributed by atoms with Crippen molar-refractivity contribution < 1.29 is 0 Å². The molecule has 0 aliphatic heterocycles. The van der Waals surface area contributed by atoms with Gasteiger partial charge in [-0.15, -0.1) is 0 Å².